The Bertz CT molecular complexity index is 889. The van der Waals surface area contributed by atoms with Crippen molar-refractivity contribution in [1.29, 1.82) is 5.26 Å². The monoisotopic (exact) mass is 380 g/mol. The van der Waals surface area contributed by atoms with E-state index in [9.17, 15) is 14.9 Å². The number of aromatic carboxylic acids is 1. The number of nitrogens with zero attached hydrogens (tertiary/aromatic N) is 1. The van der Waals surface area contributed by atoms with Crippen molar-refractivity contribution in [3.05, 3.63) is 70.8 Å². The SMILES string of the molecule is Cc1ccc(C2CC(=O)NC(SCc3cccc(C(=O)O)c3)C2C#N)cc1. The summed E-state index contributed by atoms with van der Waals surface area (Å²) in [5.74, 6) is -1.01. The van der Waals surface area contributed by atoms with Gasteiger partial charge in [-0.3, -0.25) is 4.79 Å². The van der Waals surface area contributed by atoms with Gasteiger partial charge in [0.25, 0.3) is 0 Å². The molecule has 1 aliphatic rings. The number of amides is 1. The normalized spacial score (nSPS) is 21.9. The van der Waals surface area contributed by atoms with Crippen molar-refractivity contribution in [1.82, 2.24) is 5.32 Å². The number of hydrogen-bond donors (Lipinski definition) is 2. The third kappa shape index (κ3) is 4.50. The van der Waals surface area contributed by atoms with E-state index in [2.05, 4.69) is 11.4 Å². The van der Waals surface area contributed by atoms with E-state index in [0.717, 1.165) is 16.7 Å². The van der Waals surface area contributed by atoms with Crippen LogP contribution in [0.2, 0.25) is 0 Å². The highest BCUT2D eigenvalue weighted by Crippen LogP contribution is 2.38. The van der Waals surface area contributed by atoms with Gasteiger partial charge in [-0.05, 0) is 30.2 Å². The molecule has 1 saturated heterocycles. The number of carboxylic acid groups (broad SMARTS) is 1. The lowest BCUT2D eigenvalue weighted by atomic mass is 9.81. The fourth-order valence-corrected chi connectivity index (χ4v) is 4.49. The maximum atomic E-state index is 12.2. The summed E-state index contributed by atoms with van der Waals surface area (Å²) >= 11 is 1.46. The molecule has 1 amide bonds. The minimum absolute atomic E-state index is 0.0659. The predicted octanol–water partition coefficient (Wildman–Crippen LogP) is 3.70. The fourth-order valence-electron chi connectivity index (χ4n) is 3.27. The van der Waals surface area contributed by atoms with Crippen LogP contribution in [-0.2, 0) is 10.5 Å². The van der Waals surface area contributed by atoms with Crippen LogP contribution in [0.15, 0.2) is 48.5 Å². The van der Waals surface area contributed by atoms with Crippen LogP contribution in [0.1, 0.15) is 39.4 Å². The molecule has 0 saturated carbocycles. The van der Waals surface area contributed by atoms with Crippen LogP contribution in [0.25, 0.3) is 0 Å². The number of rotatable bonds is 5. The number of carbonyl (C=O) groups is 2. The van der Waals surface area contributed by atoms with Gasteiger partial charge in [-0.1, -0.05) is 42.0 Å². The van der Waals surface area contributed by atoms with Gasteiger partial charge in [0, 0.05) is 18.1 Å². The molecule has 2 aromatic rings. The van der Waals surface area contributed by atoms with Crippen molar-refractivity contribution in [3.8, 4) is 6.07 Å². The van der Waals surface area contributed by atoms with E-state index >= 15 is 0 Å². The summed E-state index contributed by atoms with van der Waals surface area (Å²) in [4.78, 5) is 23.3. The highest BCUT2D eigenvalue weighted by molar-refractivity contribution is 7.99. The summed E-state index contributed by atoms with van der Waals surface area (Å²) < 4.78 is 0. The lowest BCUT2D eigenvalue weighted by Crippen LogP contribution is -2.46. The molecular formula is C21H20N2O3S. The molecular weight excluding hydrogens is 360 g/mol. The van der Waals surface area contributed by atoms with Gasteiger partial charge in [-0.2, -0.15) is 5.26 Å². The Labute approximate surface area is 162 Å². The number of piperidine rings is 1. The maximum Gasteiger partial charge on any atom is 0.335 e. The standard InChI is InChI=1S/C21H20N2O3S/c1-13-5-7-15(8-6-13)17-10-19(24)23-20(18(17)11-22)27-12-14-3-2-4-16(9-14)21(25)26/h2-9,17-18,20H,10,12H2,1H3,(H,23,24)(H,25,26). The number of nitrogens with one attached hydrogen (secondary N) is 1. The third-order valence-corrected chi connectivity index (χ3v) is 6.00. The topological polar surface area (TPSA) is 90.2 Å². The highest BCUT2D eigenvalue weighted by atomic mass is 32.2. The molecule has 3 unspecified atom stereocenters. The molecule has 2 aromatic carbocycles. The van der Waals surface area contributed by atoms with Crippen molar-refractivity contribution in [2.45, 2.75) is 30.4 Å². The zero-order chi connectivity index (χ0) is 19.4. The molecule has 2 N–H and O–H groups in total. The first kappa shape index (κ1) is 19.0. The molecule has 5 nitrogen and oxygen atoms in total. The summed E-state index contributed by atoms with van der Waals surface area (Å²) in [6.07, 6.45) is 0.298. The minimum Gasteiger partial charge on any atom is -0.478 e. The first-order valence-corrected chi connectivity index (χ1v) is 9.72. The van der Waals surface area contributed by atoms with E-state index in [-0.39, 0.29) is 28.7 Å². The van der Waals surface area contributed by atoms with Crippen LogP contribution in [0.5, 0.6) is 0 Å². The van der Waals surface area contributed by atoms with Gasteiger partial charge in [0.2, 0.25) is 5.91 Å². The number of benzene rings is 2. The molecule has 0 radical (unpaired) electrons. The van der Waals surface area contributed by atoms with Crippen LogP contribution < -0.4 is 5.32 Å². The zero-order valence-corrected chi connectivity index (χ0v) is 15.7. The molecule has 0 bridgehead atoms. The van der Waals surface area contributed by atoms with Crippen molar-refractivity contribution in [3.63, 3.8) is 0 Å². The summed E-state index contributed by atoms with van der Waals surface area (Å²) in [6, 6.07) is 17.1. The number of thioether (sulfide) groups is 1. The Kier molecular flexibility index (Phi) is 5.82. The van der Waals surface area contributed by atoms with E-state index in [1.54, 1.807) is 18.2 Å². The lowest BCUT2D eigenvalue weighted by Gasteiger charge is -2.34. The summed E-state index contributed by atoms with van der Waals surface area (Å²) in [5, 5.41) is 21.5. The maximum absolute atomic E-state index is 12.2. The smallest absolute Gasteiger partial charge is 0.335 e. The largest absolute Gasteiger partial charge is 0.478 e. The van der Waals surface area contributed by atoms with Gasteiger partial charge in [0.1, 0.15) is 0 Å². The second kappa shape index (κ2) is 8.28. The van der Waals surface area contributed by atoms with Crippen LogP contribution in [0.3, 0.4) is 0 Å². The quantitative estimate of drug-likeness (QED) is 0.825. The van der Waals surface area contributed by atoms with E-state index in [1.165, 1.54) is 11.8 Å². The summed E-state index contributed by atoms with van der Waals surface area (Å²) in [7, 11) is 0. The van der Waals surface area contributed by atoms with Gasteiger partial charge in [0.05, 0.1) is 22.9 Å². The lowest BCUT2D eigenvalue weighted by molar-refractivity contribution is -0.123. The highest BCUT2D eigenvalue weighted by Gasteiger charge is 2.38. The first-order chi connectivity index (χ1) is 13.0. The molecule has 6 heteroatoms. The Balaban J connectivity index is 1.76. The fraction of sp³-hybridized carbons (Fsp3) is 0.286. The molecule has 0 aromatic heterocycles. The number of carbonyl (C=O) groups excluding carboxylic acids is 1. The van der Waals surface area contributed by atoms with Crippen molar-refractivity contribution >= 4 is 23.6 Å². The molecule has 1 aliphatic heterocycles. The molecule has 27 heavy (non-hydrogen) atoms. The predicted molar refractivity (Wildman–Crippen MR) is 104 cm³/mol. The Morgan fingerprint density at radius 2 is 2.04 bits per heavy atom. The van der Waals surface area contributed by atoms with E-state index in [1.807, 2.05) is 37.3 Å². The van der Waals surface area contributed by atoms with E-state index in [0.29, 0.717) is 12.2 Å². The number of carboxylic acids is 1. The number of hydrogen-bond acceptors (Lipinski definition) is 4. The number of nitriles is 1. The van der Waals surface area contributed by atoms with Gasteiger partial charge in [-0.15, -0.1) is 11.8 Å². The van der Waals surface area contributed by atoms with Crippen molar-refractivity contribution in [2.75, 3.05) is 0 Å². The van der Waals surface area contributed by atoms with Gasteiger partial charge in [-0.25, -0.2) is 4.79 Å². The van der Waals surface area contributed by atoms with Crippen LogP contribution in [-0.4, -0.2) is 22.4 Å². The van der Waals surface area contributed by atoms with Crippen LogP contribution in [0, 0.1) is 24.2 Å². The molecule has 0 aliphatic carbocycles. The average molecular weight is 380 g/mol. The molecule has 3 atom stereocenters. The van der Waals surface area contributed by atoms with Crippen LogP contribution >= 0.6 is 11.8 Å². The van der Waals surface area contributed by atoms with E-state index in [4.69, 9.17) is 5.11 Å². The summed E-state index contributed by atoms with van der Waals surface area (Å²) in [5.41, 5.74) is 3.22. The first-order valence-electron chi connectivity index (χ1n) is 8.67. The summed E-state index contributed by atoms with van der Waals surface area (Å²) in [6.45, 7) is 2.00. The van der Waals surface area contributed by atoms with Gasteiger partial charge in [0.15, 0.2) is 0 Å². The van der Waals surface area contributed by atoms with Gasteiger partial charge >= 0.3 is 5.97 Å². The molecule has 3 rings (SSSR count). The van der Waals surface area contributed by atoms with Gasteiger partial charge < -0.3 is 10.4 Å². The van der Waals surface area contributed by atoms with E-state index < -0.39 is 5.97 Å². The second-order valence-electron chi connectivity index (χ2n) is 6.68. The zero-order valence-electron chi connectivity index (χ0n) is 14.9. The Morgan fingerprint density at radius 1 is 1.30 bits per heavy atom. The number of aryl methyl sites for hydroxylation is 1. The minimum atomic E-state index is -0.970. The van der Waals surface area contributed by atoms with Crippen molar-refractivity contribution < 1.29 is 14.7 Å². The Morgan fingerprint density at radius 3 is 2.70 bits per heavy atom. The molecule has 1 heterocycles. The molecule has 1 fully saturated rings. The van der Waals surface area contributed by atoms with Crippen molar-refractivity contribution in [2.24, 2.45) is 5.92 Å². The van der Waals surface area contributed by atoms with Crippen LogP contribution in [0.4, 0.5) is 0 Å². The molecule has 0 spiro atoms. The second-order valence-corrected chi connectivity index (χ2v) is 7.81. The molecule has 138 valence electrons. The Hall–Kier alpha value is -2.78. The average Bonchev–Trinajstić information content (AvgIpc) is 2.66. The third-order valence-electron chi connectivity index (χ3n) is 4.73.